The van der Waals surface area contributed by atoms with E-state index in [4.69, 9.17) is 10.5 Å². The summed E-state index contributed by atoms with van der Waals surface area (Å²) in [7, 11) is 0. The van der Waals surface area contributed by atoms with Crippen molar-refractivity contribution in [2.45, 2.75) is 39.3 Å². The van der Waals surface area contributed by atoms with Crippen LogP contribution in [-0.4, -0.2) is 47.4 Å². The monoisotopic (exact) mass is 307 g/mol. The number of phenols is 1. The van der Waals surface area contributed by atoms with E-state index in [0.29, 0.717) is 25.3 Å². The third-order valence-corrected chi connectivity index (χ3v) is 3.60. The summed E-state index contributed by atoms with van der Waals surface area (Å²) in [5.74, 6) is 0.154. The van der Waals surface area contributed by atoms with Crippen LogP contribution in [0.25, 0.3) is 0 Å². The summed E-state index contributed by atoms with van der Waals surface area (Å²) < 4.78 is 5.42. The van der Waals surface area contributed by atoms with Gasteiger partial charge in [-0.15, -0.1) is 0 Å². The van der Waals surface area contributed by atoms with Crippen molar-refractivity contribution in [2.24, 2.45) is 0 Å². The maximum atomic E-state index is 12.1. The van der Waals surface area contributed by atoms with Gasteiger partial charge in [0, 0.05) is 31.7 Å². The van der Waals surface area contributed by atoms with E-state index in [-0.39, 0.29) is 17.9 Å². The fraction of sp³-hybridized carbons (Fsp3) is 0.562. The Balaban J connectivity index is 2.05. The highest BCUT2D eigenvalue weighted by molar-refractivity contribution is 5.72. The van der Waals surface area contributed by atoms with Crippen molar-refractivity contribution in [2.75, 3.05) is 30.3 Å². The van der Waals surface area contributed by atoms with Crippen molar-refractivity contribution in [3.8, 4) is 5.75 Å². The third kappa shape index (κ3) is 3.75. The number of nitrogens with two attached hydrogens (primary N) is 1. The Bertz CT molecular complexity index is 554. The van der Waals surface area contributed by atoms with Crippen molar-refractivity contribution in [3.63, 3.8) is 0 Å². The number of piperazine rings is 1. The molecule has 1 unspecified atom stereocenters. The molecule has 1 saturated heterocycles. The molecule has 1 amide bonds. The lowest BCUT2D eigenvalue weighted by Gasteiger charge is -2.41. The Morgan fingerprint density at radius 2 is 2.05 bits per heavy atom. The average Bonchev–Trinajstić information content (AvgIpc) is 2.37. The number of benzene rings is 1. The maximum absolute atomic E-state index is 12.1. The SMILES string of the molecule is CC1CN(C(=O)OC(C)(C)C)CCN1c1ccc(O)cc1N. The summed E-state index contributed by atoms with van der Waals surface area (Å²) in [4.78, 5) is 16.0. The first-order valence-corrected chi connectivity index (χ1v) is 7.50. The number of phenolic OH excluding ortho intramolecular Hbond substituents is 1. The summed E-state index contributed by atoms with van der Waals surface area (Å²) in [5, 5.41) is 9.46. The van der Waals surface area contributed by atoms with Gasteiger partial charge in [0.15, 0.2) is 0 Å². The number of aromatic hydroxyl groups is 1. The average molecular weight is 307 g/mol. The first kappa shape index (κ1) is 16.3. The fourth-order valence-electron chi connectivity index (χ4n) is 2.61. The molecule has 2 rings (SSSR count). The van der Waals surface area contributed by atoms with Gasteiger partial charge in [0.2, 0.25) is 0 Å². The number of nitrogen functional groups attached to an aromatic ring is 1. The van der Waals surface area contributed by atoms with Crippen molar-refractivity contribution < 1.29 is 14.6 Å². The van der Waals surface area contributed by atoms with E-state index in [9.17, 15) is 9.90 Å². The predicted molar refractivity (Wildman–Crippen MR) is 87.1 cm³/mol. The molecular weight excluding hydrogens is 282 g/mol. The fourth-order valence-corrected chi connectivity index (χ4v) is 2.61. The number of hydrogen-bond acceptors (Lipinski definition) is 5. The molecule has 1 atom stereocenters. The molecule has 122 valence electrons. The van der Waals surface area contributed by atoms with Gasteiger partial charge >= 0.3 is 6.09 Å². The molecular formula is C16H25N3O3. The van der Waals surface area contributed by atoms with Crippen LogP contribution in [0.2, 0.25) is 0 Å². The predicted octanol–water partition coefficient (Wildman–Crippen LogP) is 2.42. The molecule has 22 heavy (non-hydrogen) atoms. The number of ether oxygens (including phenoxy) is 1. The molecule has 0 aliphatic carbocycles. The normalized spacial score (nSPS) is 19.2. The van der Waals surface area contributed by atoms with Gasteiger partial charge in [0.1, 0.15) is 11.4 Å². The van der Waals surface area contributed by atoms with E-state index in [1.165, 1.54) is 0 Å². The Morgan fingerprint density at radius 1 is 1.36 bits per heavy atom. The standard InChI is InChI=1S/C16H25N3O3/c1-11-10-18(15(21)22-16(2,3)4)7-8-19(11)14-6-5-12(20)9-13(14)17/h5-6,9,11,20H,7-8,10,17H2,1-4H3. The molecule has 6 heteroatoms. The molecule has 0 radical (unpaired) electrons. The van der Waals surface area contributed by atoms with E-state index in [1.54, 1.807) is 17.0 Å². The van der Waals surface area contributed by atoms with Gasteiger partial charge in [-0.3, -0.25) is 0 Å². The minimum absolute atomic E-state index is 0.119. The second-order valence-corrected chi connectivity index (χ2v) is 6.71. The Morgan fingerprint density at radius 3 is 2.59 bits per heavy atom. The molecule has 3 N–H and O–H groups in total. The molecule has 0 spiro atoms. The van der Waals surface area contributed by atoms with Gasteiger partial charge in [0.25, 0.3) is 0 Å². The largest absolute Gasteiger partial charge is 0.508 e. The van der Waals surface area contributed by atoms with E-state index < -0.39 is 5.60 Å². The molecule has 6 nitrogen and oxygen atoms in total. The Labute approximate surface area is 131 Å². The molecule has 1 aromatic rings. The lowest BCUT2D eigenvalue weighted by atomic mass is 10.1. The van der Waals surface area contributed by atoms with Gasteiger partial charge in [-0.05, 0) is 39.8 Å². The van der Waals surface area contributed by atoms with Gasteiger partial charge in [0.05, 0.1) is 11.4 Å². The highest BCUT2D eigenvalue weighted by Crippen LogP contribution is 2.30. The van der Waals surface area contributed by atoms with E-state index in [2.05, 4.69) is 4.90 Å². The number of carbonyl (C=O) groups is 1. The van der Waals surface area contributed by atoms with Crippen LogP contribution in [0.3, 0.4) is 0 Å². The third-order valence-electron chi connectivity index (χ3n) is 3.60. The summed E-state index contributed by atoms with van der Waals surface area (Å²) in [6, 6.07) is 5.10. The van der Waals surface area contributed by atoms with Crippen molar-refractivity contribution in [3.05, 3.63) is 18.2 Å². The number of nitrogens with zero attached hydrogens (tertiary/aromatic N) is 2. The molecule has 0 aromatic heterocycles. The van der Waals surface area contributed by atoms with Crippen LogP contribution >= 0.6 is 0 Å². The molecule has 1 aromatic carbocycles. The zero-order chi connectivity index (χ0) is 16.5. The van der Waals surface area contributed by atoms with Crippen LogP contribution in [0.1, 0.15) is 27.7 Å². The van der Waals surface area contributed by atoms with Crippen molar-refractivity contribution in [1.29, 1.82) is 0 Å². The van der Waals surface area contributed by atoms with Gasteiger partial charge < -0.3 is 25.4 Å². The summed E-state index contributed by atoms with van der Waals surface area (Å²) in [6.07, 6.45) is -0.280. The second-order valence-electron chi connectivity index (χ2n) is 6.71. The van der Waals surface area contributed by atoms with Gasteiger partial charge in [-0.1, -0.05) is 0 Å². The van der Waals surface area contributed by atoms with Crippen LogP contribution in [0.5, 0.6) is 5.75 Å². The molecule has 1 aliphatic heterocycles. The van der Waals surface area contributed by atoms with Crippen LogP contribution in [-0.2, 0) is 4.74 Å². The number of rotatable bonds is 1. The lowest BCUT2D eigenvalue weighted by molar-refractivity contribution is 0.0219. The molecule has 1 aliphatic rings. The minimum Gasteiger partial charge on any atom is -0.508 e. The summed E-state index contributed by atoms with van der Waals surface area (Å²) >= 11 is 0. The maximum Gasteiger partial charge on any atom is 0.410 e. The lowest BCUT2D eigenvalue weighted by Crippen LogP contribution is -2.54. The second kappa shape index (κ2) is 5.94. The van der Waals surface area contributed by atoms with Crippen molar-refractivity contribution >= 4 is 17.5 Å². The molecule has 0 saturated carbocycles. The number of hydrogen-bond donors (Lipinski definition) is 2. The smallest absolute Gasteiger partial charge is 0.410 e. The molecule has 1 heterocycles. The van der Waals surface area contributed by atoms with Crippen molar-refractivity contribution in [1.82, 2.24) is 4.90 Å². The van der Waals surface area contributed by atoms with Gasteiger partial charge in [-0.2, -0.15) is 0 Å². The van der Waals surface area contributed by atoms with Crippen LogP contribution in [0, 0.1) is 0 Å². The quantitative estimate of drug-likeness (QED) is 0.779. The minimum atomic E-state index is -0.487. The van der Waals surface area contributed by atoms with Gasteiger partial charge in [-0.25, -0.2) is 4.79 Å². The first-order valence-electron chi connectivity index (χ1n) is 7.50. The van der Waals surface area contributed by atoms with E-state index in [0.717, 1.165) is 5.69 Å². The van der Waals surface area contributed by atoms with Crippen LogP contribution < -0.4 is 10.6 Å². The highest BCUT2D eigenvalue weighted by Gasteiger charge is 2.30. The Kier molecular flexibility index (Phi) is 4.39. The first-order chi connectivity index (χ1) is 10.2. The molecule has 0 bridgehead atoms. The number of amides is 1. The number of carbonyl (C=O) groups excluding carboxylic acids is 1. The van der Waals surface area contributed by atoms with E-state index in [1.807, 2.05) is 33.8 Å². The number of anilines is 2. The molecule has 1 fully saturated rings. The highest BCUT2D eigenvalue weighted by atomic mass is 16.6. The summed E-state index contributed by atoms with van der Waals surface area (Å²) in [6.45, 7) is 9.47. The topological polar surface area (TPSA) is 79.0 Å². The van der Waals surface area contributed by atoms with Crippen LogP contribution in [0.4, 0.5) is 16.2 Å². The zero-order valence-corrected chi connectivity index (χ0v) is 13.7. The zero-order valence-electron chi connectivity index (χ0n) is 13.7. The van der Waals surface area contributed by atoms with E-state index >= 15 is 0 Å². The van der Waals surface area contributed by atoms with Crippen LogP contribution in [0.15, 0.2) is 18.2 Å². The summed E-state index contributed by atoms with van der Waals surface area (Å²) in [5.41, 5.74) is 6.92. The Hall–Kier alpha value is -2.11.